The van der Waals surface area contributed by atoms with Gasteiger partial charge in [0.2, 0.25) is 16.9 Å². The molecule has 0 spiro atoms. The van der Waals surface area contributed by atoms with Crippen LogP contribution in [-0.2, 0) is 22.4 Å². The lowest BCUT2D eigenvalue weighted by molar-refractivity contribution is -0.116. The Bertz CT molecular complexity index is 1330. The zero-order valence-electron chi connectivity index (χ0n) is 20.3. The van der Waals surface area contributed by atoms with Crippen LogP contribution in [0.25, 0.3) is 0 Å². The Hall–Kier alpha value is -3.98. The van der Waals surface area contributed by atoms with E-state index in [-0.39, 0.29) is 23.7 Å². The van der Waals surface area contributed by atoms with Crippen LogP contribution in [-0.4, -0.2) is 32.2 Å². The molecule has 0 aliphatic heterocycles. The van der Waals surface area contributed by atoms with Crippen LogP contribution >= 0.6 is 11.3 Å². The first-order valence-electron chi connectivity index (χ1n) is 12.5. The number of nitrogens with zero attached hydrogens (tertiary/aromatic N) is 4. The first-order chi connectivity index (χ1) is 18.1. The van der Waals surface area contributed by atoms with Crippen molar-refractivity contribution in [3.8, 4) is 0 Å². The van der Waals surface area contributed by atoms with Gasteiger partial charge in [0.15, 0.2) is 5.82 Å². The van der Waals surface area contributed by atoms with Crippen molar-refractivity contribution in [2.45, 2.75) is 50.4 Å². The van der Waals surface area contributed by atoms with Crippen molar-refractivity contribution in [3.05, 3.63) is 94.6 Å². The van der Waals surface area contributed by atoms with Gasteiger partial charge in [0, 0.05) is 11.8 Å². The lowest BCUT2D eigenvalue weighted by Gasteiger charge is -2.27. The van der Waals surface area contributed by atoms with Gasteiger partial charge in [-0.2, -0.15) is 5.10 Å². The summed E-state index contributed by atoms with van der Waals surface area (Å²) < 4.78 is 0. The molecule has 2 aromatic heterocycles. The molecule has 2 aromatic carbocycles. The maximum Gasteiger partial charge on any atom is 0.230 e. The topological polar surface area (TPSA) is 110 Å². The van der Waals surface area contributed by atoms with Crippen molar-refractivity contribution in [2.24, 2.45) is 0 Å². The largest absolute Gasteiger partial charge is 0.309 e. The van der Waals surface area contributed by atoms with E-state index in [0.29, 0.717) is 23.8 Å². The molecule has 0 saturated heterocycles. The summed E-state index contributed by atoms with van der Waals surface area (Å²) in [5.74, 6) is 0.774. The summed E-state index contributed by atoms with van der Waals surface area (Å²) in [6.07, 6.45) is 4.63. The molecular formula is C28H28N6O2S. The molecule has 0 radical (unpaired) electrons. The number of carbonyl (C=O) groups is 2. The van der Waals surface area contributed by atoms with E-state index < -0.39 is 0 Å². The third kappa shape index (κ3) is 6.83. The zero-order chi connectivity index (χ0) is 25.5. The number of rotatable bonds is 8. The van der Waals surface area contributed by atoms with Crippen LogP contribution in [0.3, 0.4) is 0 Å². The standard InChI is InChI=1S/C28H28N6O2S/c35-25(16-19-8-3-1-4-9-19)29-24-15-14-23(31-32-24)21-12-7-13-22(18-21)27-33-34-28(37-27)30-26(36)17-20-10-5-2-6-11-20/h1-6,8-11,14-15,21-22H,7,12-13,16-18H2,(H,29,32,35)(H,30,34,36)/t21-,22-/m0/s1. The van der Waals surface area contributed by atoms with Crippen LogP contribution < -0.4 is 10.6 Å². The Morgan fingerprint density at radius 3 is 2.03 bits per heavy atom. The fourth-order valence-electron chi connectivity index (χ4n) is 4.67. The van der Waals surface area contributed by atoms with Gasteiger partial charge in [-0.25, -0.2) is 0 Å². The van der Waals surface area contributed by atoms with E-state index in [1.54, 1.807) is 0 Å². The van der Waals surface area contributed by atoms with Crippen LogP contribution in [0.1, 0.15) is 59.3 Å². The van der Waals surface area contributed by atoms with E-state index in [4.69, 9.17) is 0 Å². The fourth-order valence-corrected chi connectivity index (χ4v) is 5.58. The molecule has 1 fully saturated rings. The van der Waals surface area contributed by atoms with Crippen molar-refractivity contribution in [2.75, 3.05) is 10.6 Å². The van der Waals surface area contributed by atoms with Gasteiger partial charge >= 0.3 is 0 Å². The van der Waals surface area contributed by atoms with Crippen molar-refractivity contribution < 1.29 is 9.59 Å². The average molecular weight is 513 g/mol. The van der Waals surface area contributed by atoms with E-state index in [1.165, 1.54) is 11.3 Å². The minimum atomic E-state index is -0.117. The van der Waals surface area contributed by atoms with Gasteiger partial charge < -0.3 is 10.6 Å². The third-order valence-corrected chi connectivity index (χ3v) is 7.50. The van der Waals surface area contributed by atoms with Gasteiger partial charge in [0.1, 0.15) is 5.01 Å². The Kier molecular flexibility index (Phi) is 7.90. The van der Waals surface area contributed by atoms with Crippen LogP contribution in [0, 0.1) is 0 Å². The van der Waals surface area contributed by atoms with Crippen molar-refractivity contribution >= 4 is 34.1 Å². The van der Waals surface area contributed by atoms with Crippen molar-refractivity contribution in [3.63, 3.8) is 0 Å². The lowest BCUT2D eigenvalue weighted by atomic mass is 9.80. The number of carbonyl (C=O) groups excluding carboxylic acids is 2. The monoisotopic (exact) mass is 512 g/mol. The fraction of sp³-hybridized carbons (Fsp3) is 0.286. The van der Waals surface area contributed by atoms with Crippen LogP contribution in [0.5, 0.6) is 0 Å². The second-order valence-corrected chi connectivity index (χ2v) is 10.3. The molecule has 2 N–H and O–H groups in total. The van der Waals surface area contributed by atoms with Crippen molar-refractivity contribution in [1.82, 2.24) is 20.4 Å². The maximum atomic E-state index is 12.4. The smallest absolute Gasteiger partial charge is 0.230 e. The molecule has 37 heavy (non-hydrogen) atoms. The lowest BCUT2D eigenvalue weighted by Crippen LogP contribution is -2.17. The highest BCUT2D eigenvalue weighted by molar-refractivity contribution is 7.15. The van der Waals surface area contributed by atoms with E-state index in [0.717, 1.165) is 47.5 Å². The highest BCUT2D eigenvalue weighted by Crippen LogP contribution is 2.42. The Balaban J connectivity index is 1.15. The predicted octanol–water partition coefficient (Wildman–Crippen LogP) is 5.13. The second kappa shape index (κ2) is 11.8. The Labute approximate surface area is 219 Å². The molecule has 9 heteroatoms. The molecule has 8 nitrogen and oxygen atoms in total. The predicted molar refractivity (Wildman–Crippen MR) is 143 cm³/mol. The highest BCUT2D eigenvalue weighted by Gasteiger charge is 2.28. The summed E-state index contributed by atoms with van der Waals surface area (Å²) in [7, 11) is 0. The molecule has 1 aliphatic rings. The quantitative estimate of drug-likeness (QED) is 0.339. The summed E-state index contributed by atoms with van der Waals surface area (Å²) >= 11 is 1.45. The first kappa shape index (κ1) is 24.7. The molecule has 0 unspecified atom stereocenters. The first-order valence-corrected chi connectivity index (χ1v) is 13.3. The molecule has 2 amide bonds. The van der Waals surface area contributed by atoms with Gasteiger partial charge in [-0.1, -0.05) is 78.4 Å². The third-order valence-electron chi connectivity index (χ3n) is 6.50. The summed E-state index contributed by atoms with van der Waals surface area (Å²) in [6, 6.07) is 23.0. The molecule has 1 saturated carbocycles. The number of amides is 2. The van der Waals surface area contributed by atoms with Crippen LogP contribution in [0.4, 0.5) is 10.9 Å². The molecule has 0 bridgehead atoms. The minimum Gasteiger partial charge on any atom is -0.309 e. The van der Waals surface area contributed by atoms with E-state index in [9.17, 15) is 9.59 Å². The molecule has 4 aromatic rings. The normalized spacial score (nSPS) is 17.2. The molecule has 2 atom stereocenters. The average Bonchev–Trinajstić information content (AvgIpc) is 3.38. The number of benzene rings is 2. The number of anilines is 2. The SMILES string of the molecule is O=C(Cc1ccccc1)Nc1ccc([C@H]2CCC[C@H](c3nnc(NC(=O)Cc4ccccc4)s3)C2)nn1. The number of hydrogen-bond acceptors (Lipinski definition) is 7. The van der Waals surface area contributed by atoms with Crippen LogP contribution in [0.2, 0.25) is 0 Å². The number of nitrogens with one attached hydrogen (secondary N) is 2. The number of aromatic nitrogens is 4. The molecule has 2 heterocycles. The van der Waals surface area contributed by atoms with E-state index in [2.05, 4.69) is 31.0 Å². The summed E-state index contributed by atoms with van der Waals surface area (Å²) in [5, 5.41) is 24.4. The van der Waals surface area contributed by atoms with E-state index >= 15 is 0 Å². The molecule has 5 rings (SSSR count). The molecular weight excluding hydrogens is 484 g/mol. The zero-order valence-corrected chi connectivity index (χ0v) is 21.2. The summed E-state index contributed by atoms with van der Waals surface area (Å²) in [4.78, 5) is 24.7. The van der Waals surface area contributed by atoms with Gasteiger partial charge in [-0.05, 0) is 42.5 Å². The van der Waals surface area contributed by atoms with Gasteiger partial charge in [-0.3, -0.25) is 9.59 Å². The number of hydrogen-bond donors (Lipinski definition) is 2. The maximum absolute atomic E-state index is 12.4. The Morgan fingerprint density at radius 2 is 1.38 bits per heavy atom. The highest BCUT2D eigenvalue weighted by atomic mass is 32.1. The van der Waals surface area contributed by atoms with Gasteiger partial charge in [0.25, 0.3) is 0 Å². The molecule has 1 aliphatic carbocycles. The minimum absolute atomic E-state index is 0.0957. The van der Waals surface area contributed by atoms with Crippen molar-refractivity contribution in [1.29, 1.82) is 0 Å². The second-order valence-electron chi connectivity index (χ2n) is 9.27. The molecule has 188 valence electrons. The summed E-state index contributed by atoms with van der Waals surface area (Å²) in [5.41, 5.74) is 2.84. The van der Waals surface area contributed by atoms with Gasteiger partial charge in [0.05, 0.1) is 18.5 Å². The Morgan fingerprint density at radius 1 is 0.730 bits per heavy atom. The van der Waals surface area contributed by atoms with Gasteiger partial charge in [-0.15, -0.1) is 15.3 Å². The summed E-state index contributed by atoms with van der Waals surface area (Å²) in [6.45, 7) is 0. The van der Waals surface area contributed by atoms with Crippen LogP contribution in [0.15, 0.2) is 72.8 Å². The van der Waals surface area contributed by atoms with E-state index in [1.807, 2.05) is 72.8 Å².